The van der Waals surface area contributed by atoms with Gasteiger partial charge < -0.3 is 21.5 Å². The van der Waals surface area contributed by atoms with E-state index >= 15 is 0 Å². The second-order valence-electron chi connectivity index (χ2n) is 5.14. The van der Waals surface area contributed by atoms with Gasteiger partial charge in [0.2, 0.25) is 5.91 Å². The summed E-state index contributed by atoms with van der Waals surface area (Å²) in [4.78, 5) is 26.7. The predicted octanol–water partition coefficient (Wildman–Crippen LogP) is 2.29. The van der Waals surface area contributed by atoms with E-state index in [2.05, 4.69) is 20.5 Å². The van der Waals surface area contributed by atoms with E-state index in [1.165, 1.54) is 13.0 Å². The van der Waals surface area contributed by atoms with Crippen LogP contribution in [0.15, 0.2) is 46.6 Å². The molecule has 0 fully saturated rings. The van der Waals surface area contributed by atoms with Gasteiger partial charge in [0.05, 0.1) is 6.04 Å². The Hall–Kier alpha value is -3.33. The van der Waals surface area contributed by atoms with Gasteiger partial charge in [0.25, 0.3) is 0 Å². The number of esters is 1. The number of amides is 1. The molecular weight excluding hydrogens is 324 g/mol. The summed E-state index contributed by atoms with van der Waals surface area (Å²) < 4.78 is 5.05. The van der Waals surface area contributed by atoms with Gasteiger partial charge in [-0.05, 0) is 31.2 Å². The van der Waals surface area contributed by atoms with Crippen molar-refractivity contribution in [3.63, 3.8) is 0 Å². The third-order valence-electron chi connectivity index (χ3n) is 2.95. The summed E-state index contributed by atoms with van der Waals surface area (Å²) in [5.74, 6) is -0.212. The lowest BCUT2D eigenvalue weighted by Gasteiger charge is -2.08. The molecule has 0 bridgehead atoms. The summed E-state index contributed by atoms with van der Waals surface area (Å²) in [6, 6.07) is 9.10. The van der Waals surface area contributed by atoms with Crippen molar-refractivity contribution in [3.8, 4) is 5.75 Å². The molecule has 0 spiro atoms. The van der Waals surface area contributed by atoms with Crippen molar-refractivity contribution in [2.24, 2.45) is 16.0 Å². The van der Waals surface area contributed by atoms with Crippen LogP contribution in [0.3, 0.4) is 0 Å². The zero-order chi connectivity index (χ0) is 18.4. The van der Waals surface area contributed by atoms with E-state index in [1.54, 1.807) is 37.3 Å². The topological polar surface area (TPSA) is 145 Å². The fourth-order valence-electron chi connectivity index (χ4n) is 1.75. The molecule has 25 heavy (non-hydrogen) atoms. The number of para-hydroxylation sites is 1. The minimum atomic E-state index is -0.667. The van der Waals surface area contributed by atoms with Crippen molar-refractivity contribution < 1.29 is 14.3 Å². The van der Waals surface area contributed by atoms with Crippen LogP contribution < -0.4 is 21.5 Å². The first-order valence-corrected chi connectivity index (χ1v) is 7.39. The first-order valence-electron chi connectivity index (χ1n) is 7.39. The molecule has 1 atom stereocenters. The number of hydrogen-bond acceptors (Lipinski definition) is 8. The van der Waals surface area contributed by atoms with Crippen molar-refractivity contribution in [3.05, 3.63) is 36.4 Å². The van der Waals surface area contributed by atoms with Crippen LogP contribution in [0, 0.1) is 0 Å². The molecule has 0 aliphatic carbocycles. The van der Waals surface area contributed by atoms with Gasteiger partial charge in [-0.3, -0.25) is 9.59 Å². The lowest BCUT2D eigenvalue weighted by molar-refractivity contribution is -0.131. The standard InChI is InChI=1S/C16H18N6O3/c1-9(17)16(24)20-14-8-7-12(15(18)19-14)22-21-11-5-3-4-6-13(11)25-10(2)23/h3-9H,17H2,1-2H3,(H3,18,19,20,24)/b22-21+/t9-/m0/s1. The Morgan fingerprint density at radius 1 is 1.16 bits per heavy atom. The molecule has 9 heteroatoms. The predicted molar refractivity (Wildman–Crippen MR) is 92.9 cm³/mol. The highest BCUT2D eigenvalue weighted by atomic mass is 16.5. The number of rotatable bonds is 5. The van der Waals surface area contributed by atoms with Gasteiger partial charge in [-0.15, -0.1) is 10.2 Å². The normalized spacial score (nSPS) is 12.0. The molecule has 130 valence electrons. The van der Waals surface area contributed by atoms with Crippen LogP contribution in [0.4, 0.5) is 23.0 Å². The van der Waals surface area contributed by atoms with Crippen LogP contribution in [-0.4, -0.2) is 22.9 Å². The molecule has 1 aromatic carbocycles. The van der Waals surface area contributed by atoms with Gasteiger partial charge in [0, 0.05) is 6.92 Å². The third-order valence-corrected chi connectivity index (χ3v) is 2.95. The van der Waals surface area contributed by atoms with Crippen molar-refractivity contribution in [1.82, 2.24) is 4.98 Å². The number of nitrogens with zero attached hydrogens (tertiary/aromatic N) is 3. The fourth-order valence-corrected chi connectivity index (χ4v) is 1.75. The Labute approximate surface area is 144 Å². The van der Waals surface area contributed by atoms with E-state index in [0.717, 1.165) is 0 Å². The lowest BCUT2D eigenvalue weighted by atomic mass is 10.3. The first kappa shape index (κ1) is 18.0. The van der Waals surface area contributed by atoms with Gasteiger partial charge in [0.15, 0.2) is 11.6 Å². The van der Waals surface area contributed by atoms with Crippen molar-refractivity contribution in [2.45, 2.75) is 19.9 Å². The average molecular weight is 342 g/mol. The molecule has 2 rings (SSSR count). The maximum atomic E-state index is 11.5. The summed E-state index contributed by atoms with van der Waals surface area (Å²) in [7, 11) is 0. The largest absolute Gasteiger partial charge is 0.424 e. The Morgan fingerprint density at radius 3 is 2.48 bits per heavy atom. The van der Waals surface area contributed by atoms with Crippen molar-refractivity contribution in [2.75, 3.05) is 11.1 Å². The second kappa shape index (κ2) is 7.97. The molecule has 0 aliphatic heterocycles. The van der Waals surface area contributed by atoms with E-state index in [1.807, 2.05) is 0 Å². The van der Waals surface area contributed by atoms with Crippen LogP contribution in [0.2, 0.25) is 0 Å². The Bertz CT molecular complexity index is 819. The van der Waals surface area contributed by atoms with E-state index in [9.17, 15) is 9.59 Å². The minimum absolute atomic E-state index is 0.0798. The smallest absolute Gasteiger partial charge is 0.308 e. The van der Waals surface area contributed by atoms with Crippen LogP contribution in [0.25, 0.3) is 0 Å². The van der Waals surface area contributed by atoms with Gasteiger partial charge in [-0.1, -0.05) is 12.1 Å². The molecule has 5 N–H and O–H groups in total. The Morgan fingerprint density at radius 2 is 1.84 bits per heavy atom. The molecule has 2 aromatic rings. The van der Waals surface area contributed by atoms with Crippen LogP contribution in [-0.2, 0) is 9.59 Å². The number of nitrogens with one attached hydrogen (secondary N) is 1. The number of benzene rings is 1. The molecule has 1 amide bonds. The number of nitrogens with two attached hydrogens (primary N) is 2. The number of aromatic nitrogens is 1. The molecule has 9 nitrogen and oxygen atoms in total. The zero-order valence-corrected chi connectivity index (χ0v) is 13.8. The minimum Gasteiger partial charge on any atom is -0.424 e. The molecule has 0 radical (unpaired) electrons. The molecule has 1 heterocycles. The van der Waals surface area contributed by atoms with E-state index in [4.69, 9.17) is 16.2 Å². The number of carbonyl (C=O) groups excluding carboxylic acids is 2. The SMILES string of the molecule is CC(=O)Oc1ccccc1/N=N/c1ccc(NC(=O)[C@H](C)N)nc1N. The maximum absolute atomic E-state index is 11.5. The highest BCUT2D eigenvalue weighted by Crippen LogP contribution is 2.30. The number of carbonyl (C=O) groups is 2. The maximum Gasteiger partial charge on any atom is 0.308 e. The molecule has 0 saturated carbocycles. The number of anilines is 2. The van der Waals surface area contributed by atoms with Crippen molar-refractivity contribution >= 4 is 34.9 Å². The number of nitrogen functional groups attached to an aromatic ring is 1. The van der Waals surface area contributed by atoms with E-state index < -0.39 is 12.0 Å². The molecular formula is C16H18N6O3. The van der Waals surface area contributed by atoms with Gasteiger partial charge in [-0.25, -0.2) is 4.98 Å². The number of azo groups is 1. The van der Waals surface area contributed by atoms with Gasteiger partial charge in [-0.2, -0.15) is 0 Å². The van der Waals surface area contributed by atoms with Crippen LogP contribution >= 0.6 is 0 Å². The molecule has 1 aromatic heterocycles. The van der Waals surface area contributed by atoms with Crippen LogP contribution in [0.1, 0.15) is 13.8 Å². The first-order chi connectivity index (χ1) is 11.9. The second-order valence-corrected chi connectivity index (χ2v) is 5.14. The summed E-state index contributed by atoms with van der Waals surface area (Å²) in [6.45, 7) is 2.85. The summed E-state index contributed by atoms with van der Waals surface area (Å²) in [6.07, 6.45) is 0. The van der Waals surface area contributed by atoms with Crippen molar-refractivity contribution in [1.29, 1.82) is 0 Å². The quantitative estimate of drug-likeness (QED) is 0.432. The third kappa shape index (κ3) is 5.08. The van der Waals surface area contributed by atoms with Gasteiger partial charge >= 0.3 is 5.97 Å². The highest BCUT2D eigenvalue weighted by molar-refractivity contribution is 5.93. The highest BCUT2D eigenvalue weighted by Gasteiger charge is 2.10. The summed E-state index contributed by atoms with van der Waals surface area (Å²) >= 11 is 0. The fraction of sp³-hybridized carbons (Fsp3) is 0.188. The molecule has 0 saturated heterocycles. The monoisotopic (exact) mass is 342 g/mol. The zero-order valence-electron chi connectivity index (χ0n) is 13.8. The number of ether oxygens (including phenoxy) is 1. The Balaban J connectivity index is 2.19. The number of hydrogen-bond donors (Lipinski definition) is 3. The molecule has 0 unspecified atom stereocenters. The summed E-state index contributed by atoms with van der Waals surface area (Å²) in [5, 5.41) is 10.6. The average Bonchev–Trinajstić information content (AvgIpc) is 2.54. The number of pyridine rings is 1. The summed E-state index contributed by atoms with van der Waals surface area (Å²) in [5.41, 5.74) is 12.0. The van der Waals surface area contributed by atoms with Gasteiger partial charge in [0.1, 0.15) is 17.2 Å². The van der Waals surface area contributed by atoms with Crippen LogP contribution in [0.5, 0.6) is 5.75 Å². The lowest BCUT2D eigenvalue weighted by Crippen LogP contribution is -2.32. The molecule has 0 aliphatic rings. The Kier molecular flexibility index (Phi) is 5.75. The van der Waals surface area contributed by atoms with E-state index in [-0.39, 0.29) is 23.3 Å². The van der Waals surface area contributed by atoms with E-state index in [0.29, 0.717) is 11.4 Å².